The summed E-state index contributed by atoms with van der Waals surface area (Å²) in [5.41, 5.74) is 1.72. The number of Topliss-reactive ketones (excluding diaryl/α,β-unsaturated/α-hetero) is 1. The summed E-state index contributed by atoms with van der Waals surface area (Å²) in [6.45, 7) is 6.47. The van der Waals surface area contributed by atoms with Gasteiger partial charge in [0.05, 0.1) is 19.8 Å². The Hall–Kier alpha value is -3.02. The summed E-state index contributed by atoms with van der Waals surface area (Å²) in [4.78, 5) is 23.5. The van der Waals surface area contributed by atoms with E-state index in [0.29, 0.717) is 43.1 Å². The molecule has 1 N–H and O–H groups in total. The van der Waals surface area contributed by atoms with Crippen LogP contribution in [0.5, 0.6) is 17.2 Å². The predicted molar refractivity (Wildman–Crippen MR) is 117 cm³/mol. The Labute approximate surface area is 178 Å². The molecule has 1 amide bonds. The highest BCUT2D eigenvalue weighted by Gasteiger charge is 2.09. The molecular formula is C24H31NO5. The first-order valence-electron chi connectivity index (χ1n) is 10.2. The number of nitrogens with one attached hydrogen (secondary N) is 1. The van der Waals surface area contributed by atoms with Gasteiger partial charge in [0.2, 0.25) is 5.91 Å². The molecule has 6 heteroatoms. The predicted octanol–water partition coefficient (Wildman–Crippen LogP) is 4.20. The van der Waals surface area contributed by atoms with Crippen LogP contribution >= 0.6 is 0 Å². The van der Waals surface area contributed by atoms with E-state index in [4.69, 9.17) is 14.2 Å². The molecule has 6 nitrogen and oxygen atoms in total. The first kappa shape index (κ1) is 23.3. The minimum absolute atomic E-state index is 0.00254. The number of hydrogen-bond acceptors (Lipinski definition) is 5. The zero-order chi connectivity index (χ0) is 21.9. The largest absolute Gasteiger partial charge is 0.493 e. The van der Waals surface area contributed by atoms with E-state index < -0.39 is 0 Å². The maximum atomic E-state index is 12.0. The van der Waals surface area contributed by atoms with E-state index in [9.17, 15) is 9.59 Å². The van der Waals surface area contributed by atoms with Gasteiger partial charge >= 0.3 is 0 Å². The van der Waals surface area contributed by atoms with E-state index >= 15 is 0 Å². The minimum Gasteiger partial charge on any atom is -0.493 e. The lowest BCUT2D eigenvalue weighted by molar-refractivity contribution is -0.121. The highest BCUT2D eigenvalue weighted by atomic mass is 16.5. The third-order valence-corrected chi connectivity index (χ3v) is 4.41. The van der Waals surface area contributed by atoms with Crippen LogP contribution in [0.3, 0.4) is 0 Å². The Morgan fingerprint density at radius 3 is 2.40 bits per heavy atom. The van der Waals surface area contributed by atoms with Crippen molar-refractivity contribution in [3.8, 4) is 17.2 Å². The van der Waals surface area contributed by atoms with Gasteiger partial charge in [-0.25, -0.2) is 0 Å². The Bertz CT molecular complexity index is 830. The Morgan fingerprint density at radius 1 is 1.03 bits per heavy atom. The SMILES string of the molecule is COc1cc(C(C)=O)ccc1OCCCC(=O)NCCc1ccc(OC(C)C)cc1. The molecule has 0 aliphatic rings. The lowest BCUT2D eigenvalue weighted by Gasteiger charge is -2.12. The number of rotatable bonds is 12. The number of carbonyl (C=O) groups is 2. The monoisotopic (exact) mass is 413 g/mol. The fraction of sp³-hybridized carbons (Fsp3) is 0.417. The molecule has 0 unspecified atom stereocenters. The summed E-state index contributed by atoms with van der Waals surface area (Å²) in [6.07, 6.45) is 1.89. The van der Waals surface area contributed by atoms with E-state index in [1.807, 2.05) is 38.1 Å². The number of methoxy groups -OCH3 is 1. The minimum atomic E-state index is -0.0312. The molecule has 0 spiro atoms. The van der Waals surface area contributed by atoms with Gasteiger partial charge in [-0.2, -0.15) is 0 Å². The van der Waals surface area contributed by atoms with Crippen molar-refractivity contribution in [2.75, 3.05) is 20.3 Å². The fourth-order valence-corrected chi connectivity index (χ4v) is 2.86. The van der Waals surface area contributed by atoms with Gasteiger partial charge in [-0.05, 0) is 69.5 Å². The zero-order valence-corrected chi connectivity index (χ0v) is 18.2. The fourth-order valence-electron chi connectivity index (χ4n) is 2.86. The van der Waals surface area contributed by atoms with Gasteiger partial charge < -0.3 is 19.5 Å². The number of hydrogen-bond donors (Lipinski definition) is 1. The van der Waals surface area contributed by atoms with Crippen LogP contribution in [0.15, 0.2) is 42.5 Å². The van der Waals surface area contributed by atoms with Crippen LogP contribution in [0.4, 0.5) is 0 Å². The summed E-state index contributed by atoms with van der Waals surface area (Å²) in [5.74, 6) is 1.89. The first-order valence-corrected chi connectivity index (χ1v) is 10.2. The molecule has 0 atom stereocenters. The molecule has 30 heavy (non-hydrogen) atoms. The molecule has 0 radical (unpaired) electrons. The molecule has 0 fully saturated rings. The number of amides is 1. The number of ether oxygens (including phenoxy) is 3. The van der Waals surface area contributed by atoms with Crippen molar-refractivity contribution in [3.05, 3.63) is 53.6 Å². The third-order valence-electron chi connectivity index (χ3n) is 4.41. The number of carbonyl (C=O) groups excluding carboxylic acids is 2. The van der Waals surface area contributed by atoms with Gasteiger partial charge in [0.15, 0.2) is 17.3 Å². The van der Waals surface area contributed by atoms with Crippen molar-refractivity contribution >= 4 is 11.7 Å². The average molecular weight is 414 g/mol. The molecule has 2 aromatic carbocycles. The van der Waals surface area contributed by atoms with Crippen molar-refractivity contribution in [1.29, 1.82) is 0 Å². The Balaban J connectivity index is 1.66. The number of ketones is 1. The highest BCUT2D eigenvalue weighted by molar-refractivity contribution is 5.94. The molecule has 0 aliphatic heterocycles. The first-order chi connectivity index (χ1) is 14.4. The van der Waals surface area contributed by atoms with Crippen molar-refractivity contribution in [2.45, 2.75) is 46.1 Å². The summed E-state index contributed by atoms with van der Waals surface area (Å²) in [7, 11) is 1.53. The molecular weight excluding hydrogens is 382 g/mol. The molecule has 0 aromatic heterocycles. The smallest absolute Gasteiger partial charge is 0.220 e. The van der Waals surface area contributed by atoms with Crippen molar-refractivity contribution in [2.24, 2.45) is 0 Å². The van der Waals surface area contributed by atoms with E-state index in [1.54, 1.807) is 18.2 Å². The number of benzene rings is 2. The topological polar surface area (TPSA) is 73.9 Å². The molecule has 0 aliphatic carbocycles. The van der Waals surface area contributed by atoms with Crippen LogP contribution < -0.4 is 19.5 Å². The van der Waals surface area contributed by atoms with Gasteiger partial charge in [0, 0.05) is 18.5 Å². The molecule has 0 bridgehead atoms. The third kappa shape index (κ3) is 7.78. The van der Waals surface area contributed by atoms with Crippen LogP contribution in [-0.2, 0) is 11.2 Å². The Kier molecular flexibility index (Phi) is 9.19. The van der Waals surface area contributed by atoms with Gasteiger partial charge in [0.1, 0.15) is 5.75 Å². The van der Waals surface area contributed by atoms with Crippen LogP contribution in [-0.4, -0.2) is 38.1 Å². The van der Waals surface area contributed by atoms with E-state index in [1.165, 1.54) is 14.0 Å². The lowest BCUT2D eigenvalue weighted by atomic mass is 10.1. The zero-order valence-electron chi connectivity index (χ0n) is 18.2. The molecule has 0 saturated heterocycles. The standard InChI is InChI=1S/C24H31NO5/c1-17(2)30-21-10-7-19(8-11-21)13-14-25-24(27)6-5-15-29-22-12-9-20(18(3)26)16-23(22)28-4/h7-12,16-17H,5-6,13-15H2,1-4H3,(H,25,27). The summed E-state index contributed by atoms with van der Waals surface area (Å²) in [5, 5.41) is 2.93. The van der Waals surface area contributed by atoms with Crippen LogP contribution in [0.2, 0.25) is 0 Å². The molecule has 0 saturated carbocycles. The molecule has 2 rings (SSSR count). The van der Waals surface area contributed by atoms with E-state index in [0.717, 1.165) is 17.7 Å². The van der Waals surface area contributed by atoms with Crippen LogP contribution in [0.1, 0.15) is 49.5 Å². The maximum Gasteiger partial charge on any atom is 0.220 e. The van der Waals surface area contributed by atoms with Crippen LogP contribution in [0.25, 0.3) is 0 Å². The highest BCUT2D eigenvalue weighted by Crippen LogP contribution is 2.28. The lowest BCUT2D eigenvalue weighted by Crippen LogP contribution is -2.25. The van der Waals surface area contributed by atoms with Crippen LogP contribution in [0, 0.1) is 0 Å². The van der Waals surface area contributed by atoms with E-state index in [-0.39, 0.29) is 17.8 Å². The average Bonchev–Trinajstić information content (AvgIpc) is 2.72. The second kappa shape index (κ2) is 11.9. The van der Waals surface area contributed by atoms with E-state index in [2.05, 4.69) is 5.32 Å². The van der Waals surface area contributed by atoms with Crippen molar-refractivity contribution in [3.63, 3.8) is 0 Å². The second-order valence-corrected chi connectivity index (χ2v) is 7.28. The summed E-state index contributed by atoms with van der Waals surface area (Å²) < 4.78 is 16.6. The van der Waals surface area contributed by atoms with Crippen molar-refractivity contribution < 1.29 is 23.8 Å². The molecule has 0 heterocycles. The quantitative estimate of drug-likeness (QED) is 0.417. The second-order valence-electron chi connectivity index (χ2n) is 7.28. The summed E-state index contributed by atoms with van der Waals surface area (Å²) >= 11 is 0. The van der Waals surface area contributed by atoms with Gasteiger partial charge in [-0.3, -0.25) is 9.59 Å². The normalized spacial score (nSPS) is 10.6. The van der Waals surface area contributed by atoms with Gasteiger partial charge in [0.25, 0.3) is 0 Å². The molecule has 2 aromatic rings. The molecule has 162 valence electrons. The Morgan fingerprint density at radius 2 is 1.77 bits per heavy atom. The van der Waals surface area contributed by atoms with Gasteiger partial charge in [-0.1, -0.05) is 12.1 Å². The summed E-state index contributed by atoms with van der Waals surface area (Å²) in [6, 6.07) is 13.0. The van der Waals surface area contributed by atoms with Gasteiger partial charge in [-0.15, -0.1) is 0 Å². The maximum absolute atomic E-state index is 12.0. The van der Waals surface area contributed by atoms with Crippen molar-refractivity contribution in [1.82, 2.24) is 5.32 Å².